The molecule has 9 heteroatoms. The minimum absolute atomic E-state index is 0.0241. The first-order valence-electron chi connectivity index (χ1n) is 9.62. The number of methoxy groups -OCH3 is 2. The van der Waals surface area contributed by atoms with Gasteiger partial charge in [-0.3, -0.25) is 4.79 Å². The Hall–Kier alpha value is -3.23. The molecule has 32 heavy (non-hydrogen) atoms. The number of hydrogen-bond acceptors (Lipinski definition) is 6. The summed E-state index contributed by atoms with van der Waals surface area (Å²) in [6.07, 6.45) is 0. The Labute approximate surface area is 192 Å². The highest BCUT2D eigenvalue weighted by atomic mass is 35.5. The molecule has 0 saturated carbocycles. The van der Waals surface area contributed by atoms with Crippen LogP contribution in [0.2, 0.25) is 5.02 Å². The normalized spacial score (nSPS) is 11.0. The molecule has 0 radical (unpaired) electrons. The summed E-state index contributed by atoms with van der Waals surface area (Å²) in [4.78, 5) is 13.6. The van der Waals surface area contributed by atoms with Gasteiger partial charge in [-0.1, -0.05) is 17.7 Å². The van der Waals surface area contributed by atoms with Gasteiger partial charge in [-0.2, -0.15) is 4.31 Å². The van der Waals surface area contributed by atoms with Crippen LogP contribution in [0.15, 0.2) is 71.6 Å². The van der Waals surface area contributed by atoms with Crippen LogP contribution in [-0.2, 0) is 10.0 Å². The van der Waals surface area contributed by atoms with Gasteiger partial charge in [0.05, 0.1) is 31.4 Å². The van der Waals surface area contributed by atoms with Crippen LogP contribution >= 0.6 is 11.6 Å². The highest BCUT2D eigenvalue weighted by Gasteiger charge is 2.35. The first-order chi connectivity index (χ1) is 15.3. The molecule has 0 aliphatic carbocycles. The van der Waals surface area contributed by atoms with E-state index in [1.54, 1.807) is 30.3 Å². The van der Waals surface area contributed by atoms with Gasteiger partial charge in [0.1, 0.15) is 22.8 Å². The number of halogens is 1. The second-order valence-corrected chi connectivity index (χ2v) is 8.72. The van der Waals surface area contributed by atoms with E-state index in [2.05, 4.69) is 0 Å². The number of benzene rings is 3. The topological polar surface area (TPSA) is 82.1 Å². The zero-order valence-corrected chi connectivity index (χ0v) is 19.3. The standard InChI is InChI=1S/C23H22ClNO6S/c1-4-31-18-12-10-17(11-13-18)25(32(27,28)19-14-8-16(24)9-15-19)23(26)22-20(29-2)6-5-7-21(22)30-3/h5-15H,4H2,1-3H3. The maximum absolute atomic E-state index is 13.7. The van der Waals surface area contributed by atoms with Crippen LogP contribution < -0.4 is 18.5 Å². The predicted molar refractivity (Wildman–Crippen MR) is 123 cm³/mol. The SMILES string of the molecule is CCOc1ccc(N(C(=O)c2c(OC)cccc2OC)S(=O)(=O)c2ccc(Cl)cc2)cc1. The molecule has 0 atom stereocenters. The van der Waals surface area contributed by atoms with Gasteiger partial charge >= 0.3 is 0 Å². The van der Waals surface area contributed by atoms with Crippen LogP contribution in [0.1, 0.15) is 17.3 Å². The van der Waals surface area contributed by atoms with Crippen molar-refractivity contribution in [2.45, 2.75) is 11.8 Å². The van der Waals surface area contributed by atoms with Crippen LogP contribution in [0.3, 0.4) is 0 Å². The van der Waals surface area contributed by atoms with E-state index in [-0.39, 0.29) is 27.6 Å². The van der Waals surface area contributed by atoms with Crippen molar-refractivity contribution in [2.24, 2.45) is 0 Å². The number of amides is 1. The molecule has 3 aromatic rings. The molecule has 0 N–H and O–H groups in total. The molecule has 0 aliphatic heterocycles. The maximum Gasteiger partial charge on any atom is 0.279 e. The fourth-order valence-corrected chi connectivity index (χ4v) is 4.61. The number of carbonyl (C=O) groups excluding carboxylic acids is 1. The summed E-state index contributed by atoms with van der Waals surface area (Å²) in [5.41, 5.74) is 0.102. The van der Waals surface area contributed by atoms with Gasteiger partial charge in [-0.25, -0.2) is 8.42 Å². The van der Waals surface area contributed by atoms with Gasteiger partial charge in [0.25, 0.3) is 15.9 Å². The smallest absolute Gasteiger partial charge is 0.279 e. The Kier molecular flexibility index (Phi) is 7.27. The average molecular weight is 476 g/mol. The molecule has 7 nitrogen and oxygen atoms in total. The van der Waals surface area contributed by atoms with Crippen molar-refractivity contribution in [3.05, 3.63) is 77.3 Å². The van der Waals surface area contributed by atoms with Gasteiger partial charge in [0.15, 0.2) is 0 Å². The zero-order chi connectivity index (χ0) is 23.3. The Morgan fingerprint density at radius 2 is 1.47 bits per heavy atom. The molecule has 3 aromatic carbocycles. The number of anilines is 1. The molecule has 168 valence electrons. The summed E-state index contributed by atoms with van der Waals surface area (Å²) in [6, 6.07) is 16.5. The molecule has 0 fully saturated rings. The van der Waals surface area contributed by atoms with Crippen LogP contribution in [-0.4, -0.2) is 35.2 Å². The lowest BCUT2D eigenvalue weighted by Crippen LogP contribution is -2.37. The fourth-order valence-electron chi connectivity index (χ4n) is 3.09. The summed E-state index contributed by atoms with van der Waals surface area (Å²) in [5, 5.41) is 0.370. The predicted octanol–water partition coefficient (Wildman–Crippen LogP) is 4.79. The molecule has 0 bridgehead atoms. The molecule has 0 aromatic heterocycles. The molecule has 0 heterocycles. The molecule has 0 spiro atoms. The summed E-state index contributed by atoms with van der Waals surface area (Å²) >= 11 is 5.92. The van der Waals surface area contributed by atoms with Gasteiger partial charge < -0.3 is 14.2 Å². The monoisotopic (exact) mass is 475 g/mol. The van der Waals surface area contributed by atoms with Crippen molar-refractivity contribution in [1.82, 2.24) is 0 Å². The van der Waals surface area contributed by atoms with Crippen molar-refractivity contribution in [2.75, 3.05) is 25.1 Å². The fraction of sp³-hybridized carbons (Fsp3) is 0.174. The second-order valence-electron chi connectivity index (χ2n) is 6.49. The van der Waals surface area contributed by atoms with E-state index < -0.39 is 15.9 Å². The van der Waals surface area contributed by atoms with Crippen molar-refractivity contribution in [3.8, 4) is 17.2 Å². The minimum atomic E-state index is -4.32. The lowest BCUT2D eigenvalue weighted by atomic mass is 10.1. The molecule has 3 rings (SSSR count). The van der Waals surface area contributed by atoms with Gasteiger partial charge in [-0.15, -0.1) is 0 Å². The first-order valence-corrected chi connectivity index (χ1v) is 11.4. The zero-order valence-electron chi connectivity index (χ0n) is 17.7. The third kappa shape index (κ3) is 4.66. The van der Waals surface area contributed by atoms with E-state index in [1.807, 2.05) is 6.92 Å². The van der Waals surface area contributed by atoms with E-state index in [9.17, 15) is 13.2 Å². The van der Waals surface area contributed by atoms with E-state index in [0.717, 1.165) is 0 Å². The third-order valence-electron chi connectivity index (χ3n) is 4.56. The van der Waals surface area contributed by atoms with Crippen LogP contribution in [0.25, 0.3) is 0 Å². The number of nitrogens with zero attached hydrogens (tertiary/aromatic N) is 1. The van der Waals surface area contributed by atoms with Gasteiger partial charge in [0.2, 0.25) is 0 Å². The molecule has 0 unspecified atom stereocenters. The number of rotatable bonds is 8. The molecule has 1 amide bonds. The minimum Gasteiger partial charge on any atom is -0.496 e. The van der Waals surface area contributed by atoms with Crippen molar-refractivity contribution >= 4 is 33.2 Å². The Morgan fingerprint density at radius 1 is 0.906 bits per heavy atom. The lowest BCUT2D eigenvalue weighted by Gasteiger charge is -2.24. The summed E-state index contributed by atoms with van der Waals surface area (Å²) in [7, 11) is -1.54. The molecular formula is C23H22ClNO6S. The van der Waals surface area contributed by atoms with Crippen LogP contribution in [0, 0.1) is 0 Å². The van der Waals surface area contributed by atoms with E-state index in [0.29, 0.717) is 21.7 Å². The third-order valence-corrected chi connectivity index (χ3v) is 6.54. The van der Waals surface area contributed by atoms with Crippen LogP contribution in [0.5, 0.6) is 17.2 Å². The quantitative estimate of drug-likeness (QED) is 0.465. The Bertz CT molecular complexity index is 1170. The second kappa shape index (κ2) is 9.93. The maximum atomic E-state index is 13.7. The number of carbonyl (C=O) groups is 1. The first kappa shape index (κ1) is 23.4. The Morgan fingerprint density at radius 3 is 1.97 bits per heavy atom. The lowest BCUT2D eigenvalue weighted by molar-refractivity contribution is 0.0999. The summed E-state index contributed by atoms with van der Waals surface area (Å²) < 4.78 is 44.0. The van der Waals surface area contributed by atoms with E-state index in [4.69, 9.17) is 25.8 Å². The van der Waals surface area contributed by atoms with E-state index >= 15 is 0 Å². The van der Waals surface area contributed by atoms with Crippen molar-refractivity contribution in [3.63, 3.8) is 0 Å². The summed E-state index contributed by atoms with van der Waals surface area (Å²) in [6.45, 7) is 2.28. The number of sulfonamides is 1. The Balaban J connectivity index is 2.21. The molecule has 0 saturated heterocycles. The highest BCUT2D eigenvalue weighted by Crippen LogP contribution is 2.34. The average Bonchev–Trinajstić information content (AvgIpc) is 2.80. The molecule has 0 aliphatic rings. The van der Waals surface area contributed by atoms with Crippen molar-refractivity contribution < 1.29 is 27.4 Å². The van der Waals surface area contributed by atoms with E-state index in [1.165, 1.54) is 50.6 Å². The highest BCUT2D eigenvalue weighted by molar-refractivity contribution is 7.93. The van der Waals surface area contributed by atoms with Gasteiger partial charge in [-0.05, 0) is 67.6 Å². The largest absolute Gasteiger partial charge is 0.496 e. The van der Waals surface area contributed by atoms with Crippen LogP contribution in [0.4, 0.5) is 5.69 Å². The number of ether oxygens (including phenoxy) is 3. The van der Waals surface area contributed by atoms with Crippen molar-refractivity contribution in [1.29, 1.82) is 0 Å². The summed E-state index contributed by atoms with van der Waals surface area (Å²) in [5.74, 6) is 0.0639. The number of hydrogen-bond donors (Lipinski definition) is 0. The molecular weight excluding hydrogens is 454 g/mol. The van der Waals surface area contributed by atoms with Gasteiger partial charge in [0, 0.05) is 5.02 Å².